The first-order chi connectivity index (χ1) is 12.7. The van der Waals surface area contributed by atoms with Crippen LogP contribution < -0.4 is 5.32 Å². The van der Waals surface area contributed by atoms with E-state index in [2.05, 4.69) is 12.2 Å². The van der Waals surface area contributed by atoms with Crippen LogP contribution in [-0.4, -0.2) is 76.1 Å². The van der Waals surface area contributed by atoms with E-state index < -0.39 is 21.5 Å². The summed E-state index contributed by atoms with van der Waals surface area (Å²) < 4.78 is 24.6. The van der Waals surface area contributed by atoms with Gasteiger partial charge in [0.1, 0.15) is 5.75 Å². The van der Waals surface area contributed by atoms with Crippen molar-refractivity contribution in [1.29, 1.82) is 0 Å². The number of sulfone groups is 1. The van der Waals surface area contributed by atoms with Gasteiger partial charge in [-0.2, -0.15) is 0 Å². The molecule has 7 nitrogen and oxygen atoms in total. The van der Waals surface area contributed by atoms with Gasteiger partial charge in [0.05, 0.1) is 4.90 Å². The second kappa shape index (κ2) is 10.8. The Balaban J connectivity index is 0.00000392. The molecule has 1 heterocycles. The maximum Gasteiger partial charge on any atom is 0.253 e. The first-order valence-corrected chi connectivity index (χ1v) is 10.9. The summed E-state index contributed by atoms with van der Waals surface area (Å²) in [4.78, 5) is 27.5. The molecule has 0 aromatic heterocycles. The van der Waals surface area contributed by atoms with E-state index in [4.69, 9.17) is 0 Å². The minimum absolute atomic E-state index is 0. The van der Waals surface area contributed by atoms with E-state index in [-0.39, 0.29) is 23.2 Å². The van der Waals surface area contributed by atoms with E-state index in [1.165, 1.54) is 43.3 Å². The molecule has 1 aliphatic heterocycles. The van der Waals surface area contributed by atoms with Crippen molar-refractivity contribution in [3.05, 3.63) is 29.8 Å². The van der Waals surface area contributed by atoms with Crippen molar-refractivity contribution in [1.82, 2.24) is 15.1 Å². The Bertz CT molecular complexity index is 758. The Hall–Kier alpha value is -1.64. The average molecular weight is 432 g/mol. The smallest absolute Gasteiger partial charge is 0.253 e. The summed E-state index contributed by atoms with van der Waals surface area (Å²) in [7, 11) is -0.681. The summed E-state index contributed by atoms with van der Waals surface area (Å²) in [5.41, 5.74) is 0.470. The summed E-state index contributed by atoms with van der Waals surface area (Å²) >= 11 is 0. The molecule has 1 aliphatic rings. The highest BCUT2D eigenvalue weighted by Gasteiger charge is 2.24. The number of benzene rings is 1. The van der Waals surface area contributed by atoms with Gasteiger partial charge in [-0.25, -0.2) is 8.42 Å². The van der Waals surface area contributed by atoms with Gasteiger partial charge in [-0.15, -0.1) is 12.4 Å². The third-order valence-electron chi connectivity index (χ3n) is 4.86. The monoisotopic (exact) mass is 431 g/mol. The minimum atomic E-state index is -3.71. The fraction of sp³-hybridized carbons (Fsp3) is 0.579. The lowest BCUT2D eigenvalue weighted by molar-refractivity contribution is -0.125. The Kier molecular flexibility index (Phi) is 9.39. The van der Waals surface area contributed by atoms with Gasteiger partial charge in [-0.1, -0.05) is 6.92 Å². The number of carbonyl (C=O) groups excluding carboxylic acids is 2. The van der Waals surface area contributed by atoms with Crippen LogP contribution in [0.2, 0.25) is 0 Å². The van der Waals surface area contributed by atoms with Crippen molar-refractivity contribution < 1.29 is 18.0 Å². The molecule has 0 atom stereocenters. The van der Waals surface area contributed by atoms with E-state index in [1.807, 2.05) is 4.90 Å². The zero-order valence-corrected chi connectivity index (χ0v) is 18.3. The molecule has 1 saturated heterocycles. The van der Waals surface area contributed by atoms with Gasteiger partial charge in [0.2, 0.25) is 5.91 Å². The summed E-state index contributed by atoms with van der Waals surface area (Å²) in [6, 6.07) is 5.87. The van der Waals surface area contributed by atoms with Crippen LogP contribution in [0.15, 0.2) is 29.2 Å². The van der Waals surface area contributed by atoms with Crippen LogP contribution in [0, 0.1) is 5.92 Å². The maximum atomic E-state index is 12.6. The molecule has 9 heteroatoms. The number of rotatable bonds is 7. The van der Waals surface area contributed by atoms with Crippen molar-refractivity contribution in [2.75, 3.05) is 46.0 Å². The molecule has 0 spiro atoms. The second-order valence-corrected chi connectivity index (χ2v) is 9.10. The third-order valence-corrected chi connectivity index (χ3v) is 6.47. The van der Waals surface area contributed by atoms with Gasteiger partial charge in [-0.3, -0.25) is 9.59 Å². The predicted molar refractivity (Wildman–Crippen MR) is 112 cm³/mol. The van der Waals surface area contributed by atoms with E-state index in [9.17, 15) is 18.0 Å². The molecule has 2 rings (SSSR count). The fourth-order valence-corrected chi connectivity index (χ4v) is 4.35. The molecule has 0 saturated carbocycles. The summed E-state index contributed by atoms with van der Waals surface area (Å²) in [6.07, 6.45) is 1.94. The number of piperidine rings is 1. The molecule has 0 bridgehead atoms. The van der Waals surface area contributed by atoms with E-state index >= 15 is 0 Å². The largest absolute Gasteiger partial charge is 0.348 e. The first kappa shape index (κ1) is 24.4. The van der Waals surface area contributed by atoms with Crippen molar-refractivity contribution in [2.24, 2.45) is 5.92 Å². The number of carbonyl (C=O) groups is 2. The summed E-state index contributed by atoms with van der Waals surface area (Å²) in [6.45, 7) is 5.45. The lowest BCUT2D eigenvalue weighted by Crippen LogP contribution is -2.40. The Labute approximate surface area is 173 Å². The van der Waals surface area contributed by atoms with Gasteiger partial charge in [0, 0.05) is 32.7 Å². The van der Waals surface area contributed by atoms with E-state index in [0.717, 1.165) is 25.9 Å². The number of likely N-dealkylation sites (tertiary alicyclic amines) is 1. The van der Waals surface area contributed by atoms with E-state index in [0.29, 0.717) is 24.6 Å². The standard InChI is InChI=1S/C19H29N3O4S.ClH/c1-4-20-13-15-9-11-22(12-10-15)19(24)16-5-7-17(8-6-16)27(25,26)14-18(23)21(2)3;/h5-8,15,20H,4,9-14H2,1-3H3;1H. The quantitative estimate of drug-likeness (QED) is 0.705. The third kappa shape index (κ3) is 6.46. The van der Waals surface area contributed by atoms with Gasteiger partial charge < -0.3 is 15.1 Å². The lowest BCUT2D eigenvalue weighted by Gasteiger charge is -2.32. The van der Waals surface area contributed by atoms with Crippen LogP contribution in [-0.2, 0) is 14.6 Å². The van der Waals surface area contributed by atoms with Crippen molar-refractivity contribution >= 4 is 34.1 Å². The number of nitrogens with zero attached hydrogens (tertiary/aromatic N) is 2. The maximum absolute atomic E-state index is 12.6. The minimum Gasteiger partial charge on any atom is -0.348 e. The predicted octanol–water partition coefficient (Wildman–Crippen LogP) is 1.43. The van der Waals surface area contributed by atoms with E-state index in [1.54, 1.807) is 0 Å². The molecule has 1 fully saturated rings. The number of hydrogen-bond donors (Lipinski definition) is 1. The van der Waals surface area contributed by atoms with Crippen LogP contribution in [0.1, 0.15) is 30.1 Å². The highest BCUT2D eigenvalue weighted by atomic mass is 35.5. The molecule has 158 valence electrons. The summed E-state index contributed by atoms with van der Waals surface area (Å²) in [5.74, 6) is -0.538. The highest BCUT2D eigenvalue weighted by molar-refractivity contribution is 7.92. The molecular weight excluding hydrogens is 402 g/mol. The van der Waals surface area contributed by atoms with Gasteiger partial charge in [0.15, 0.2) is 9.84 Å². The molecule has 0 radical (unpaired) electrons. The number of halogens is 1. The Morgan fingerprint density at radius 2 is 1.71 bits per heavy atom. The van der Waals surface area contributed by atoms with Crippen LogP contribution in [0.5, 0.6) is 0 Å². The van der Waals surface area contributed by atoms with Gasteiger partial charge in [-0.05, 0) is 56.1 Å². The normalized spacial score (nSPS) is 15.0. The molecule has 1 aromatic rings. The molecular formula is C19H30ClN3O4S. The molecule has 1 N–H and O–H groups in total. The zero-order chi connectivity index (χ0) is 20.0. The lowest BCUT2D eigenvalue weighted by atomic mass is 9.96. The van der Waals surface area contributed by atoms with Crippen LogP contribution in [0.3, 0.4) is 0 Å². The SMILES string of the molecule is CCNCC1CCN(C(=O)c2ccc(S(=O)(=O)CC(=O)N(C)C)cc2)CC1.Cl. The topological polar surface area (TPSA) is 86.8 Å². The molecule has 2 amide bonds. The number of hydrogen-bond acceptors (Lipinski definition) is 5. The average Bonchev–Trinajstić information content (AvgIpc) is 2.66. The van der Waals surface area contributed by atoms with Gasteiger partial charge in [0.25, 0.3) is 5.91 Å². The summed E-state index contributed by atoms with van der Waals surface area (Å²) in [5, 5.41) is 3.35. The van der Waals surface area contributed by atoms with Crippen LogP contribution in [0.4, 0.5) is 0 Å². The zero-order valence-electron chi connectivity index (χ0n) is 16.7. The second-order valence-electron chi connectivity index (χ2n) is 7.11. The molecule has 0 aliphatic carbocycles. The van der Waals surface area contributed by atoms with Gasteiger partial charge >= 0.3 is 0 Å². The van der Waals surface area contributed by atoms with Crippen molar-refractivity contribution in [2.45, 2.75) is 24.7 Å². The molecule has 28 heavy (non-hydrogen) atoms. The number of nitrogens with one attached hydrogen (secondary N) is 1. The molecule has 0 unspecified atom stereocenters. The Morgan fingerprint density at radius 1 is 1.14 bits per heavy atom. The van der Waals surface area contributed by atoms with Crippen LogP contribution in [0.25, 0.3) is 0 Å². The Morgan fingerprint density at radius 3 is 2.21 bits per heavy atom. The van der Waals surface area contributed by atoms with Crippen LogP contribution >= 0.6 is 12.4 Å². The van der Waals surface area contributed by atoms with Crippen molar-refractivity contribution in [3.8, 4) is 0 Å². The highest BCUT2D eigenvalue weighted by Crippen LogP contribution is 2.20. The van der Waals surface area contributed by atoms with Crippen molar-refractivity contribution in [3.63, 3.8) is 0 Å². The first-order valence-electron chi connectivity index (χ1n) is 9.27. The molecule has 1 aromatic carbocycles. The fourth-order valence-electron chi connectivity index (χ4n) is 3.05. The number of amides is 2.